The molecule has 1 aromatic carbocycles. The molecule has 5 nitrogen and oxygen atoms in total. The number of benzene rings is 1. The van der Waals surface area contributed by atoms with Gasteiger partial charge in [-0.15, -0.1) is 0 Å². The van der Waals surface area contributed by atoms with Gasteiger partial charge in [-0.25, -0.2) is 4.39 Å². The lowest BCUT2D eigenvalue weighted by atomic mass is 9.92. The Labute approximate surface area is 135 Å². The molecule has 0 spiro atoms. The van der Waals surface area contributed by atoms with Gasteiger partial charge < -0.3 is 15.4 Å². The zero-order valence-electron chi connectivity index (χ0n) is 13.3. The van der Waals surface area contributed by atoms with Crippen LogP contribution < -0.4 is 10.5 Å². The number of rotatable bonds is 6. The summed E-state index contributed by atoms with van der Waals surface area (Å²) in [7, 11) is 0. The number of halogens is 1. The van der Waals surface area contributed by atoms with Gasteiger partial charge in [0.05, 0.1) is 12.5 Å². The molecule has 0 unspecified atom stereocenters. The summed E-state index contributed by atoms with van der Waals surface area (Å²) >= 11 is 0. The summed E-state index contributed by atoms with van der Waals surface area (Å²) in [6, 6.07) is 5.92. The second kappa shape index (κ2) is 7.94. The van der Waals surface area contributed by atoms with Crippen LogP contribution in [0.15, 0.2) is 24.3 Å². The van der Waals surface area contributed by atoms with Gasteiger partial charge in [-0.05, 0) is 50.5 Å². The smallest absolute Gasteiger partial charge is 0.222 e. The van der Waals surface area contributed by atoms with Crippen LogP contribution in [0.25, 0.3) is 0 Å². The molecule has 0 aromatic heterocycles. The van der Waals surface area contributed by atoms with E-state index in [2.05, 4.69) is 0 Å². The van der Waals surface area contributed by atoms with Crippen molar-refractivity contribution in [3.05, 3.63) is 30.1 Å². The topological polar surface area (TPSA) is 72.6 Å². The van der Waals surface area contributed by atoms with Crippen LogP contribution in [-0.2, 0) is 9.59 Å². The van der Waals surface area contributed by atoms with E-state index in [0.717, 1.165) is 12.8 Å². The number of hydrogen-bond acceptors (Lipinski definition) is 3. The van der Waals surface area contributed by atoms with Crippen molar-refractivity contribution in [1.29, 1.82) is 0 Å². The Balaban J connectivity index is 1.75. The molecule has 1 aliphatic rings. The Morgan fingerprint density at radius 3 is 2.65 bits per heavy atom. The molecular weight excluding hydrogens is 299 g/mol. The fourth-order valence-electron chi connectivity index (χ4n) is 2.77. The number of carbonyl (C=O) groups excluding carboxylic acids is 2. The molecule has 2 rings (SSSR count). The summed E-state index contributed by atoms with van der Waals surface area (Å²) in [5, 5.41) is 0. The minimum Gasteiger partial charge on any atom is -0.494 e. The SMILES string of the molecule is C[C@H]1CC[C@@H](C(N)=O)CN1C(=O)CCCOc1ccc(F)cc1. The third-order valence-electron chi connectivity index (χ3n) is 4.22. The molecule has 2 atom stereocenters. The number of primary amides is 1. The first kappa shape index (κ1) is 17.2. The minimum atomic E-state index is -0.339. The van der Waals surface area contributed by atoms with E-state index in [9.17, 15) is 14.0 Å². The highest BCUT2D eigenvalue weighted by atomic mass is 19.1. The van der Waals surface area contributed by atoms with E-state index in [0.29, 0.717) is 31.7 Å². The van der Waals surface area contributed by atoms with Crippen LogP contribution in [0.2, 0.25) is 0 Å². The number of nitrogens with two attached hydrogens (primary N) is 1. The molecule has 6 heteroatoms. The Bertz CT molecular complexity index is 547. The van der Waals surface area contributed by atoms with E-state index in [1.54, 1.807) is 17.0 Å². The van der Waals surface area contributed by atoms with E-state index < -0.39 is 0 Å². The highest BCUT2D eigenvalue weighted by molar-refractivity contribution is 5.80. The van der Waals surface area contributed by atoms with E-state index in [4.69, 9.17) is 10.5 Å². The fraction of sp³-hybridized carbons (Fsp3) is 0.529. The average Bonchev–Trinajstić information content (AvgIpc) is 2.53. The van der Waals surface area contributed by atoms with Crippen LogP contribution in [0.1, 0.15) is 32.6 Å². The van der Waals surface area contributed by atoms with Gasteiger partial charge in [0, 0.05) is 19.0 Å². The first-order valence-electron chi connectivity index (χ1n) is 7.94. The Morgan fingerprint density at radius 2 is 2.00 bits per heavy atom. The lowest BCUT2D eigenvalue weighted by Crippen LogP contribution is -2.48. The van der Waals surface area contributed by atoms with Crippen molar-refractivity contribution in [1.82, 2.24) is 4.90 Å². The highest BCUT2D eigenvalue weighted by Crippen LogP contribution is 2.22. The quantitative estimate of drug-likeness (QED) is 0.815. The van der Waals surface area contributed by atoms with Gasteiger partial charge in [0.2, 0.25) is 11.8 Å². The predicted molar refractivity (Wildman–Crippen MR) is 84.2 cm³/mol. The molecule has 0 saturated carbocycles. The number of carbonyl (C=O) groups is 2. The maximum absolute atomic E-state index is 12.8. The first-order chi connectivity index (χ1) is 11.0. The first-order valence-corrected chi connectivity index (χ1v) is 7.94. The van der Waals surface area contributed by atoms with Crippen LogP contribution in [0, 0.1) is 11.7 Å². The summed E-state index contributed by atoms with van der Waals surface area (Å²) < 4.78 is 18.2. The van der Waals surface area contributed by atoms with Gasteiger partial charge in [-0.3, -0.25) is 9.59 Å². The van der Waals surface area contributed by atoms with Crippen molar-refractivity contribution in [2.75, 3.05) is 13.2 Å². The van der Waals surface area contributed by atoms with Crippen LogP contribution >= 0.6 is 0 Å². The number of piperidine rings is 1. The summed E-state index contributed by atoms with van der Waals surface area (Å²) in [4.78, 5) is 25.4. The molecule has 1 saturated heterocycles. The van der Waals surface area contributed by atoms with E-state index in [1.165, 1.54) is 12.1 Å². The van der Waals surface area contributed by atoms with Crippen molar-refractivity contribution >= 4 is 11.8 Å². The van der Waals surface area contributed by atoms with Gasteiger partial charge in [-0.1, -0.05) is 0 Å². The molecule has 2 amide bonds. The summed E-state index contributed by atoms with van der Waals surface area (Å²) in [6.45, 7) is 2.79. The molecule has 23 heavy (non-hydrogen) atoms. The van der Waals surface area contributed by atoms with Crippen molar-refractivity contribution in [2.24, 2.45) is 11.7 Å². The predicted octanol–water partition coefficient (Wildman–Crippen LogP) is 2.10. The zero-order valence-corrected chi connectivity index (χ0v) is 13.3. The molecule has 126 valence electrons. The largest absolute Gasteiger partial charge is 0.494 e. The van der Waals surface area contributed by atoms with Gasteiger partial charge in [0.15, 0.2) is 0 Å². The molecule has 0 radical (unpaired) electrons. The van der Waals surface area contributed by atoms with Crippen LogP contribution in [0.4, 0.5) is 4.39 Å². The van der Waals surface area contributed by atoms with Crippen molar-refractivity contribution < 1.29 is 18.7 Å². The fourth-order valence-corrected chi connectivity index (χ4v) is 2.77. The van der Waals surface area contributed by atoms with Gasteiger partial charge in [0.1, 0.15) is 11.6 Å². The van der Waals surface area contributed by atoms with Gasteiger partial charge in [0.25, 0.3) is 0 Å². The lowest BCUT2D eigenvalue weighted by molar-refractivity contribution is -0.137. The third-order valence-corrected chi connectivity index (χ3v) is 4.22. The van der Waals surface area contributed by atoms with Crippen LogP contribution in [0.5, 0.6) is 5.75 Å². The lowest BCUT2D eigenvalue weighted by Gasteiger charge is -2.37. The highest BCUT2D eigenvalue weighted by Gasteiger charge is 2.31. The van der Waals surface area contributed by atoms with Gasteiger partial charge in [-0.2, -0.15) is 0 Å². The molecule has 1 aliphatic heterocycles. The second-order valence-electron chi connectivity index (χ2n) is 5.98. The Morgan fingerprint density at radius 1 is 1.30 bits per heavy atom. The van der Waals surface area contributed by atoms with Crippen molar-refractivity contribution in [3.8, 4) is 5.75 Å². The molecule has 2 N–H and O–H groups in total. The van der Waals surface area contributed by atoms with E-state index in [-0.39, 0.29) is 29.6 Å². The van der Waals surface area contributed by atoms with E-state index >= 15 is 0 Å². The molecule has 0 aliphatic carbocycles. The van der Waals surface area contributed by atoms with Gasteiger partial charge >= 0.3 is 0 Å². The van der Waals surface area contributed by atoms with E-state index in [1.807, 2.05) is 6.92 Å². The average molecular weight is 322 g/mol. The second-order valence-corrected chi connectivity index (χ2v) is 5.98. The maximum Gasteiger partial charge on any atom is 0.222 e. The Hall–Kier alpha value is -2.11. The maximum atomic E-state index is 12.8. The third kappa shape index (κ3) is 4.94. The normalized spacial score (nSPS) is 21.0. The Kier molecular flexibility index (Phi) is 5.96. The summed E-state index contributed by atoms with van der Waals surface area (Å²) in [5.74, 6) is -0.291. The standard InChI is InChI=1S/C17H23FN2O3/c1-12-4-5-13(17(19)22)11-20(12)16(21)3-2-10-23-15-8-6-14(18)7-9-15/h6-9,12-13H,2-5,10-11H2,1H3,(H2,19,22)/t12-,13+/m0/s1. The number of likely N-dealkylation sites (tertiary alicyclic amines) is 1. The molecule has 0 bridgehead atoms. The molecule has 1 fully saturated rings. The summed E-state index contributed by atoms with van der Waals surface area (Å²) in [5.41, 5.74) is 5.35. The zero-order chi connectivity index (χ0) is 16.8. The van der Waals surface area contributed by atoms with Crippen LogP contribution in [-0.4, -0.2) is 35.9 Å². The number of hydrogen-bond donors (Lipinski definition) is 1. The number of ether oxygens (including phenoxy) is 1. The van der Waals surface area contributed by atoms with Crippen molar-refractivity contribution in [3.63, 3.8) is 0 Å². The molecule has 1 aromatic rings. The number of nitrogens with zero attached hydrogens (tertiary/aromatic N) is 1. The number of amides is 2. The van der Waals surface area contributed by atoms with Crippen molar-refractivity contribution in [2.45, 2.75) is 38.6 Å². The monoisotopic (exact) mass is 322 g/mol. The molecular formula is C17H23FN2O3. The molecule has 1 heterocycles. The van der Waals surface area contributed by atoms with Crippen LogP contribution in [0.3, 0.4) is 0 Å². The summed E-state index contributed by atoms with van der Waals surface area (Å²) in [6.07, 6.45) is 2.47. The minimum absolute atomic E-state index is 0.0196.